The van der Waals surface area contributed by atoms with E-state index in [9.17, 15) is 0 Å². The van der Waals surface area contributed by atoms with Crippen LogP contribution in [0.5, 0.6) is 0 Å². The smallest absolute Gasteiger partial charge is 0.191 e. The summed E-state index contributed by atoms with van der Waals surface area (Å²) in [6, 6.07) is 16.1. The number of nitrogens with zero attached hydrogens (tertiary/aromatic N) is 4. The molecule has 0 aliphatic rings. The highest BCUT2D eigenvalue weighted by molar-refractivity contribution is 14.0. The van der Waals surface area contributed by atoms with E-state index in [1.807, 2.05) is 47.0 Å². The third kappa shape index (κ3) is 6.75. The Morgan fingerprint density at radius 2 is 1.82 bits per heavy atom. The quantitative estimate of drug-likeness (QED) is 0.207. The monoisotopic (exact) mass is 494 g/mol. The maximum atomic E-state index is 5.67. The first-order chi connectivity index (χ1) is 13.4. The number of benzene rings is 1. The number of aryl methyl sites for hydroxylation is 1. The van der Waals surface area contributed by atoms with E-state index in [4.69, 9.17) is 4.74 Å². The third-order valence-electron chi connectivity index (χ3n) is 4.13. The zero-order valence-electron chi connectivity index (χ0n) is 16.0. The van der Waals surface area contributed by atoms with Gasteiger partial charge in [-0.15, -0.1) is 34.2 Å². The number of guanidine groups is 1. The molecule has 8 heteroatoms. The number of rotatable bonds is 9. The molecule has 0 saturated carbocycles. The van der Waals surface area contributed by atoms with Crippen LogP contribution in [-0.4, -0.2) is 47.3 Å². The standard InChI is InChI=1S/C20H26N6O.HI/c1-21-20(23-13-15-27-16-17-8-3-2-4-9-17)22-12-7-11-19-25-24-18-10-5-6-14-26(18)19;/h2-6,8-10,14H,7,11-13,15-16H2,1H3,(H2,21,22,23);1H. The number of halogens is 1. The van der Waals surface area contributed by atoms with Crippen LogP contribution in [-0.2, 0) is 17.8 Å². The maximum absolute atomic E-state index is 5.67. The fourth-order valence-electron chi connectivity index (χ4n) is 2.74. The Bertz CT molecular complexity index is 852. The van der Waals surface area contributed by atoms with Crippen LogP contribution >= 0.6 is 24.0 Å². The molecule has 2 heterocycles. The van der Waals surface area contributed by atoms with Crippen molar-refractivity contribution >= 4 is 35.6 Å². The second-order valence-electron chi connectivity index (χ2n) is 6.11. The van der Waals surface area contributed by atoms with E-state index in [1.165, 1.54) is 5.56 Å². The van der Waals surface area contributed by atoms with Crippen molar-refractivity contribution in [2.24, 2.45) is 4.99 Å². The average Bonchev–Trinajstić information content (AvgIpc) is 3.13. The molecule has 0 fully saturated rings. The van der Waals surface area contributed by atoms with Gasteiger partial charge in [0.2, 0.25) is 0 Å². The minimum absolute atomic E-state index is 0. The molecule has 28 heavy (non-hydrogen) atoms. The zero-order chi connectivity index (χ0) is 18.7. The summed E-state index contributed by atoms with van der Waals surface area (Å²) in [7, 11) is 1.77. The van der Waals surface area contributed by atoms with Crippen molar-refractivity contribution in [2.75, 3.05) is 26.7 Å². The van der Waals surface area contributed by atoms with Crippen LogP contribution in [0.15, 0.2) is 59.7 Å². The van der Waals surface area contributed by atoms with E-state index in [1.54, 1.807) is 7.05 Å². The molecular weight excluding hydrogens is 467 g/mol. The minimum Gasteiger partial charge on any atom is -0.375 e. The van der Waals surface area contributed by atoms with Crippen LogP contribution in [0.1, 0.15) is 17.8 Å². The Morgan fingerprint density at radius 3 is 2.64 bits per heavy atom. The van der Waals surface area contributed by atoms with E-state index in [0.29, 0.717) is 19.8 Å². The van der Waals surface area contributed by atoms with Gasteiger partial charge in [-0.3, -0.25) is 9.39 Å². The van der Waals surface area contributed by atoms with Crippen molar-refractivity contribution in [3.05, 3.63) is 66.1 Å². The lowest BCUT2D eigenvalue weighted by atomic mass is 10.2. The molecule has 7 nitrogen and oxygen atoms in total. The lowest BCUT2D eigenvalue weighted by Gasteiger charge is -2.12. The first kappa shape index (κ1) is 22.1. The number of hydrogen-bond acceptors (Lipinski definition) is 4. The Hall–Kier alpha value is -2.20. The van der Waals surface area contributed by atoms with Gasteiger partial charge in [0.1, 0.15) is 5.82 Å². The van der Waals surface area contributed by atoms with Crippen LogP contribution in [0, 0.1) is 0 Å². The normalized spacial score (nSPS) is 11.2. The van der Waals surface area contributed by atoms with Crippen molar-refractivity contribution in [2.45, 2.75) is 19.4 Å². The summed E-state index contributed by atoms with van der Waals surface area (Å²) in [6.45, 7) is 2.77. The fraction of sp³-hybridized carbons (Fsp3) is 0.350. The van der Waals surface area contributed by atoms with Crippen molar-refractivity contribution in [1.29, 1.82) is 0 Å². The van der Waals surface area contributed by atoms with Gasteiger partial charge in [-0.25, -0.2) is 0 Å². The SMILES string of the molecule is CN=C(NCCCc1nnc2ccccn12)NCCOCc1ccccc1.I. The van der Waals surface area contributed by atoms with Gasteiger partial charge in [0.15, 0.2) is 11.6 Å². The molecule has 150 valence electrons. The summed E-state index contributed by atoms with van der Waals surface area (Å²) in [6.07, 6.45) is 3.80. The molecule has 3 aromatic rings. The topological polar surface area (TPSA) is 75.8 Å². The predicted molar refractivity (Wildman–Crippen MR) is 122 cm³/mol. The number of pyridine rings is 1. The van der Waals surface area contributed by atoms with Crippen molar-refractivity contribution in [3.63, 3.8) is 0 Å². The lowest BCUT2D eigenvalue weighted by molar-refractivity contribution is 0.125. The highest BCUT2D eigenvalue weighted by atomic mass is 127. The number of nitrogens with one attached hydrogen (secondary N) is 2. The number of aromatic nitrogens is 3. The number of hydrogen-bond donors (Lipinski definition) is 2. The highest BCUT2D eigenvalue weighted by Gasteiger charge is 2.04. The van der Waals surface area contributed by atoms with E-state index >= 15 is 0 Å². The molecule has 2 aromatic heterocycles. The molecule has 0 spiro atoms. The molecule has 1 aromatic carbocycles. The lowest BCUT2D eigenvalue weighted by Crippen LogP contribution is -2.39. The average molecular weight is 494 g/mol. The van der Waals surface area contributed by atoms with Crippen LogP contribution in [0.25, 0.3) is 5.65 Å². The van der Waals surface area contributed by atoms with Gasteiger partial charge in [0.05, 0.1) is 13.2 Å². The van der Waals surface area contributed by atoms with E-state index < -0.39 is 0 Å². The molecule has 0 saturated heterocycles. The molecule has 2 N–H and O–H groups in total. The largest absolute Gasteiger partial charge is 0.375 e. The van der Waals surface area contributed by atoms with Crippen LogP contribution < -0.4 is 10.6 Å². The zero-order valence-corrected chi connectivity index (χ0v) is 18.4. The fourth-order valence-corrected chi connectivity index (χ4v) is 2.74. The Morgan fingerprint density at radius 1 is 1.04 bits per heavy atom. The first-order valence-electron chi connectivity index (χ1n) is 9.21. The van der Waals surface area contributed by atoms with E-state index in [2.05, 4.69) is 38.0 Å². The van der Waals surface area contributed by atoms with Gasteiger partial charge < -0.3 is 15.4 Å². The number of aliphatic imine (C=N–C) groups is 1. The number of fused-ring (bicyclic) bond motifs is 1. The second kappa shape index (κ2) is 12.3. The Kier molecular flexibility index (Phi) is 9.70. The van der Waals surface area contributed by atoms with Gasteiger partial charge in [-0.1, -0.05) is 36.4 Å². The molecular formula is C20H27IN6O. The molecule has 3 rings (SSSR count). The maximum Gasteiger partial charge on any atom is 0.191 e. The summed E-state index contributed by atoms with van der Waals surface area (Å²) in [5.74, 6) is 1.76. The van der Waals surface area contributed by atoms with Crippen molar-refractivity contribution < 1.29 is 4.74 Å². The van der Waals surface area contributed by atoms with E-state index in [0.717, 1.165) is 36.8 Å². The molecule has 0 aliphatic carbocycles. The van der Waals surface area contributed by atoms with Gasteiger partial charge in [-0.05, 0) is 24.1 Å². The third-order valence-corrected chi connectivity index (χ3v) is 4.13. The van der Waals surface area contributed by atoms with E-state index in [-0.39, 0.29) is 24.0 Å². The van der Waals surface area contributed by atoms with Gasteiger partial charge >= 0.3 is 0 Å². The summed E-state index contributed by atoms with van der Waals surface area (Å²) in [5.41, 5.74) is 2.06. The number of ether oxygens (including phenoxy) is 1. The van der Waals surface area contributed by atoms with Gasteiger partial charge in [-0.2, -0.15) is 0 Å². The molecule has 0 radical (unpaired) electrons. The summed E-state index contributed by atoms with van der Waals surface area (Å²) >= 11 is 0. The predicted octanol–water partition coefficient (Wildman–Crippen LogP) is 2.66. The van der Waals surface area contributed by atoms with Gasteiger partial charge in [0, 0.05) is 32.8 Å². The Balaban J connectivity index is 0.00000280. The minimum atomic E-state index is 0. The molecule has 0 atom stereocenters. The summed E-state index contributed by atoms with van der Waals surface area (Å²) in [4.78, 5) is 4.23. The van der Waals surface area contributed by atoms with Crippen LogP contribution in [0.2, 0.25) is 0 Å². The second-order valence-corrected chi connectivity index (χ2v) is 6.11. The highest BCUT2D eigenvalue weighted by Crippen LogP contribution is 2.04. The molecule has 0 amide bonds. The Labute approximate surface area is 182 Å². The summed E-state index contributed by atoms with van der Waals surface area (Å²) in [5, 5.41) is 15.0. The first-order valence-corrected chi connectivity index (χ1v) is 9.21. The van der Waals surface area contributed by atoms with Crippen LogP contribution in [0.4, 0.5) is 0 Å². The van der Waals surface area contributed by atoms with Crippen molar-refractivity contribution in [3.8, 4) is 0 Å². The molecule has 0 bridgehead atoms. The van der Waals surface area contributed by atoms with Crippen LogP contribution in [0.3, 0.4) is 0 Å². The molecule has 0 unspecified atom stereocenters. The summed E-state index contributed by atoms with van der Waals surface area (Å²) < 4.78 is 7.69. The van der Waals surface area contributed by atoms with Gasteiger partial charge in [0.25, 0.3) is 0 Å². The molecule has 0 aliphatic heterocycles. The van der Waals surface area contributed by atoms with Crippen molar-refractivity contribution in [1.82, 2.24) is 25.2 Å².